The van der Waals surface area contributed by atoms with E-state index >= 15 is 0 Å². The standard InChI is InChI=1S/C13H16O5/c1-8-5-9-3-4-13(17-8,18-9)11-6-10(15-2)7-12(14)16-11/h6-9H,3-5H2,1-2H3/t8-,9-,13-/m1/s1. The summed E-state index contributed by atoms with van der Waals surface area (Å²) >= 11 is 0. The van der Waals surface area contributed by atoms with Crippen LogP contribution in [0, 0.1) is 0 Å². The fraction of sp³-hybridized carbons (Fsp3) is 0.615. The molecule has 0 aliphatic carbocycles. The van der Waals surface area contributed by atoms with E-state index in [1.54, 1.807) is 6.07 Å². The highest BCUT2D eigenvalue weighted by Crippen LogP contribution is 2.46. The Morgan fingerprint density at radius 3 is 3.00 bits per heavy atom. The molecule has 1 aromatic heterocycles. The molecule has 5 nitrogen and oxygen atoms in total. The smallest absolute Gasteiger partial charge is 0.339 e. The van der Waals surface area contributed by atoms with Crippen LogP contribution >= 0.6 is 0 Å². The van der Waals surface area contributed by atoms with Crippen molar-refractivity contribution in [1.29, 1.82) is 0 Å². The van der Waals surface area contributed by atoms with Gasteiger partial charge in [0.25, 0.3) is 0 Å². The van der Waals surface area contributed by atoms with Crippen molar-refractivity contribution in [3.05, 3.63) is 28.3 Å². The number of fused-ring (bicyclic) bond motifs is 2. The van der Waals surface area contributed by atoms with Crippen LogP contribution in [0.2, 0.25) is 0 Å². The lowest BCUT2D eigenvalue weighted by Crippen LogP contribution is -2.39. The molecule has 2 saturated heterocycles. The number of hydrogen-bond acceptors (Lipinski definition) is 5. The van der Waals surface area contributed by atoms with Crippen molar-refractivity contribution in [3.8, 4) is 5.75 Å². The van der Waals surface area contributed by atoms with E-state index in [9.17, 15) is 4.79 Å². The van der Waals surface area contributed by atoms with Crippen molar-refractivity contribution in [2.45, 2.75) is 44.2 Å². The van der Waals surface area contributed by atoms with Crippen LogP contribution in [-0.2, 0) is 15.3 Å². The van der Waals surface area contributed by atoms with Crippen molar-refractivity contribution in [2.75, 3.05) is 7.11 Å². The molecule has 1 aromatic rings. The molecule has 2 bridgehead atoms. The van der Waals surface area contributed by atoms with Crippen LogP contribution in [0.5, 0.6) is 5.75 Å². The summed E-state index contributed by atoms with van der Waals surface area (Å²) in [6.07, 6.45) is 2.80. The van der Waals surface area contributed by atoms with Gasteiger partial charge < -0.3 is 18.6 Å². The topological polar surface area (TPSA) is 57.9 Å². The predicted molar refractivity (Wildman–Crippen MR) is 62.5 cm³/mol. The first kappa shape index (κ1) is 11.7. The highest BCUT2D eigenvalue weighted by atomic mass is 16.7. The van der Waals surface area contributed by atoms with Crippen LogP contribution in [0.25, 0.3) is 0 Å². The molecule has 0 N–H and O–H groups in total. The minimum Gasteiger partial charge on any atom is -0.496 e. The van der Waals surface area contributed by atoms with E-state index in [0.29, 0.717) is 17.9 Å². The lowest BCUT2D eigenvalue weighted by Gasteiger charge is -2.36. The van der Waals surface area contributed by atoms with E-state index < -0.39 is 11.4 Å². The molecule has 0 amide bonds. The quantitative estimate of drug-likeness (QED) is 0.803. The lowest BCUT2D eigenvalue weighted by atomic mass is 10.1. The summed E-state index contributed by atoms with van der Waals surface area (Å²) in [5.74, 6) is -0.0406. The molecule has 0 saturated carbocycles. The highest BCUT2D eigenvalue weighted by Gasteiger charge is 2.50. The normalized spacial score (nSPS) is 34.6. The maximum Gasteiger partial charge on any atom is 0.339 e. The Labute approximate surface area is 105 Å². The van der Waals surface area contributed by atoms with Gasteiger partial charge in [-0.05, 0) is 19.8 Å². The Hall–Kier alpha value is -1.33. The monoisotopic (exact) mass is 252 g/mol. The zero-order valence-corrected chi connectivity index (χ0v) is 10.5. The summed E-state index contributed by atoms with van der Waals surface area (Å²) in [5, 5.41) is 0. The second kappa shape index (κ2) is 4.10. The number of rotatable bonds is 2. The molecule has 3 atom stereocenters. The molecule has 5 heteroatoms. The van der Waals surface area contributed by atoms with Gasteiger partial charge in [-0.1, -0.05) is 0 Å². The zero-order chi connectivity index (χ0) is 12.8. The average Bonchev–Trinajstić information content (AvgIpc) is 2.65. The Balaban J connectivity index is 2.03. The molecule has 2 aliphatic rings. The van der Waals surface area contributed by atoms with Crippen molar-refractivity contribution >= 4 is 0 Å². The van der Waals surface area contributed by atoms with Gasteiger partial charge in [-0.15, -0.1) is 0 Å². The van der Waals surface area contributed by atoms with Gasteiger partial charge in [0.15, 0.2) is 5.76 Å². The third-order valence-electron chi connectivity index (χ3n) is 3.49. The van der Waals surface area contributed by atoms with Gasteiger partial charge in [0.05, 0.1) is 25.4 Å². The molecular formula is C13H16O5. The third-order valence-corrected chi connectivity index (χ3v) is 3.49. The molecule has 0 aromatic carbocycles. The SMILES string of the molecule is COc1cc([C@]23CC[C@H](C[C@@H](C)O2)O3)oc(=O)c1. The van der Waals surface area contributed by atoms with Gasteiger partial charge in [0.1, 0.15) is 5.75 Å². The van der Waals surface area contributed by atoms with Crippen LogP contribution < -0.4 is 10.4 Å². The molecule has 3 rings (SSSR count). The van der Waals surface area contributed by atoms with Crippen molar-refractivity contribution < 1.29 is 18.6 Å². The van der Waals surface area contributed by atoms with Crippen LogP contribution in [0.1, 0.15) is 31.9 Å². The first-order chi connectivity index (χ1) is 8.61. The molecule has 18 heavy (non-hydrogen) atoms. The first-order valence-electron chi connectivity index (χ1n) is 6.16. The first-order valence-corrected chi connectivity index (χ1v) is 6.16. The van der Waals surface area contributed by atoms with Gasteiger partial charge in [-0.3, -0.25) is 0 Å². The fourth-order valence-corrected chi connectivity index (χ4v) is 2.73. The molecule has 0 radical (unpaired) electrons. The Morgan fingerprint density at radius 2 is 2.22 bits per heavy atom. The van der Waals surface area contributed by atoms with Gasteiger partial charge >= 0.3 is 5.63 Å². The summed E-state index contributed by atoms with van der Waals surface area (Å²) in [6, 6.07) is 2.97. The molecule has 2 aliphatic heterocycles. The number of methoxy groups -OCH3 is 1. The average molecular weight is 252 g/mol. The summed E-state index contributed by atoms with van der Waals surface area (Å²) in [5.41, 5.74) is -0.451. The van der Waals surface area contributed by atoms with Crippen LogP contribution in [0.15, 0.2) is 21.3 Å². The van der Waals surface area contributed by atoms with Crippen molar-refractivity contribution in [1.82, 2.24) is 0 Å². The van der Waals surface area contributed by atoms with Crippen LogP contribution in [-0.4, -0.2) is 19.3 Å². The number of ether oxygens (including phenoxy) is 3. The predicted octanol–water partition coefficient (Wildman–Crippen LogP) is 1.79. The highest BCUT2D eigenvalue weighted by molar-refractivity contribution is 5.23. The van der Waals surface area contributed by atoms with E-state index in [1.165, 1.54) is 13.2 Å². The van der Waals surface area contributed by atoms with Crippen LogP contribution in [0.3, 0.4) is 0 Å². The van der Waals surface area contributed by atoms with E-state index in [-0.39, 0.29) is 12.2 Å². The molecule has 0 spiro atoms. The second-order valence-corrected chi connectivity index (χ2v) is 4.88. The molecule has 2 fully saturated rings. The second-order valence-electron chi connectivity index (χ2n) is 4.88. The summed E-state index contributed by atoms with van der Waals surface area (Å²) in [6.45, 7) is 2.01. The minimum atomic E-state index is -0.907. The zero-order valence-electron chi connectivity index (χ0n) is 10.5. The fourth-order valence-electron chi connectivity index (χ4n) is 2.73. The summed E-state index contributed by atoms with van der Waals surface area (Å²) < 4.78 is 22.1. The van der Waals surface area contributed by atoms with Gasteiger partial charge in [0.2, 0.25) is 5.79 Å². The maximum atomic E-state index is 11.5. The number of hydrogen-bond donors (Lipinski definition) is 0. The Kier molecular flexibility index (Phi) is 2.68. The van der Waals surface area contributed by atoms with Gasteiger partial charge in [-0.2, -0.15) is 0 Å². The maximum absolute atomic E-state index is 11.5. The van der Waals surface area contributed by atoms with Gasteiger partial charge in [0, 0.05) is 12.5 Å². The minimum absolute atomic E-state index is 0.0998. The van der Waals surface area contributed by atoms with Gasteiger partial charge in [-0.25, -0.2) is 4.79 Å². The summed E-state index contributed by atoms with van der Waals surface area (Å²) in [7, 11) is 1.51. The molecule has 3 heterocycles. The molecule has 0 unspecified atom stereocenters. The van der Waals surface area contributed by atoms with Crippen molar-refractivity contribution in [2.24, 2.45) is 0 Å². The molecule has 98 valence electrons. The van der Waals surface area contributed by atoms with E-state index in [0.717, 1.165) is 12.8 Å². The van der Waals surface area contributed by atoms with Crippen LogP contribution in [0.4, 0.5) is 0 Å². The lowest BCUT2D eigenvalue weighted by molar-refractivity contribution is -0.300. The molecular weight excluding hydrogens is 236 g/mol. The van der Waals surface area contributed by atoms with E-state index in [4.69, 9.17) is 18.6 Å². The van der Waals surface area contributed by atoms with E-state index in [2.05, 4.69) is 0 Å². The van der Waals surface area contributed by atoms with Crippen molar-refractivity contribution in [3.63, 3.8) is 0 Å². The Bertz CT molecular complexity index is 508. The Morgan fingerprint density at radius 1 is 1.39 bits per heavy atom. The summed E-state index contributed by atoms with van der Waals surface area (Å²) in [4.78, 5) is 11.5. The largest absolute Gasteiger partial charge is 0.496 e. The van der Waals surface area contributed by atoms with E-state index in [1.807, 2.05) is 6.92 Å². The third kappa shape index (κ3) is 1.83.